The average molecular weight is 318 g/mol. The summed E-state index contributed by atoms with van der Waals surface area (Å²) in [5.74, 6) is 1.32. The van der Waals surface area contributed by atoms with Gasteiger partial charge < -0.3 is 14.8 Å². The molecule has 0 radical (unpaired) electrons. The van der Waals surface area contributed by atoms with Crippen LogP contribution in [-0.4, -0.2) is 25.0 Å². The molecule has 118 valence electrons. The Kier molecular flexibility index (Phi) is 3.55. The van der Waals surface area contributed by atoms with Gasteiger partial charge in [-0.1, -0.05) is 6.07 Å². The Hall–Kier alpha value is -3.41. The maximum atomic E-state index is 10.2. The van der Waals surface area contributed by atoms with Gasteiger partial charge in [-0.15, -0.1) is 0 Å². The third kappa shape index (κ3) is 2.77. The van der Waals surface area contributed by atoms with Crippen molar-refractivity contribution in [3.63, 3.8) is 0 Å². The minimum absolute atomic E-state index is 0.128. The van der Waals surface area contributed by atoms with Crippen molar-refractivity contribution >= 4 is 11.2 Å². The normalized spacial score (nSPS) is 10.8. The highest BCUT2D eigenvalue weighted by Crippen LogP contribution is 2.32. The largest absolute Gasteiger partial charge is 0.507 e. The molecule has 6 heteroatoms. The third-order valence-corrected chi connectivity index (χ3v) is 3.61. The number of rotatable bonds is 4. The summed E-state index contributed by atoms with van der Waals surface area (Å²) in [5, 5.41) is 10.2. The first-order valence-electron chi connectivity index (χ1n) is 7.45. The van der Waals surface area contributed by atoms with Crippen LogP contribution >= 0.6 is 0 Å². The Morgan fingerprint density at radius 3 is 2.83 bits per heavy atom. The van der Waals surface area contributed by atoms with Crippen LogP contribution in [0.3, 0.4) is 0 Å². The number of imidazole rings is 1. The number of hydrogen-bond donors (Lipinski definition) is 2. The highest BCUT2D eigenvalue weighted by molar-refractivity contribution is 5.77. The second kappa shape index (κ2) is 6.00. The van der Waals surface area contributed by atoms with Gasteiger partial charge in [0, 0.05) is 24.2 Å². The van der Waals surface area contributed by atoms with E-state index in [2.05, 4.69) is 19.9 Å². The number of benzene rings is 1. The second-order valence-electron chi connectivity index (χ2n) is 5.29. The van der Waals surface area contributed by atoms with Crippen LogP contribution in [0.5, 0.6) is 11.5 Å². The number of aromatic nitrogens is 4. The summed E-state index contributed by atoms with van der Waals surface area (Å²) in [4.78, 5) is 15.8. The van der Waals surface area contributed by atoms with E-state index in [1.165, 1.54) is 0 Å². The Morgan fingerprint density at radius 2 is 2.00 bits per heavy atom. The number of pyridine rings is 2. The summed E-state index contributed by atoms with van der Waals surface area (Å²) in [6, 6.07) is 12.6. The van der Waals surface area contributed by atoms with Crippen molar-refractivity contribution in [3.05, 3.63) is 66.6 Å². The van der Waals surface area contributed by atoms with Gasteiger partial charge in [-0.2, -0.15) is 0 Å². The topological polar surface area (TPSA) is 83.9 Å². The van der Waals surface area contributed by atoms with Crippen LogP contribution < -0.4 is 4.74 Å². The van der Waals surface area contributed by atoms with Crippen molar-refractivity contribution < 1.29 is 9.84 Å². The number of fused-ring (bicyclic) bond motifs is 1. The molecule has 0 fully saturated rings. The Bertz CT molecular complexity index is 950. The number of aromatic amines is 1. The summed E-state index contributed by atoms with van der Waals surface area (Å²) >= 11 is 0. The van der Waals surface area contributed by atoms with Crippen LogP contribution in [0.4, 0.5) is 0 Å². The average Bonchev–Trinajstić information content (AvgIpc) is 3.06. The summed E-state index contributed by atoms with van der Waals surface area (Å²) < 4.78 is 5.77. The molecule has 2 N–H and O–H groups in total. The number of hydrogen-bond acceptors (Lipinski definition) is 5. The van der Waals surface area contributed by atoms with Crippen molar-refractivity contribution in [1.82, 2.24) is 19.9 Å². The minimum atomic E-state index is 0.128. The van der Waals surface area contributed by atoms with Crippen LogP contribution in [0.2, 0.25) is 0 Å². The molecule has 0 saturated heterocycles. The number of aromatic hydroxyl groups is 1. The summed E-state index contributed by atoms with van der Waals surface area (Å²) in [7, 11) is 0. The fourth-order valence-corrected chi connectivity index (χ4v) is 2.42. The lowest BCUT2D eigenvalue weighted by atomic mass is 10.2. The summed E-state index contributed by atoms with van der Waals surface area (Å²) in [6.45, 7) is 0.403. The van der Waals surface area contributed by atoms with Crippen LogP contribution in [0.25, 0.3) is 22.6 Å². The molecule has 0 atom stereocenters. The summed E-state index contributed by atoms with van der Waals surface area (Å²) in [6.07, 6.45) is 5.16. The maximum Gasteiger partial charge on any atom is 0.178 e. The monoisotopic (exact) mass is 318 g/mol. The van der Waals surface area contributed by atoms with Gasteiger partial charge in [0.1, 0.15) is 23.9 Å². The van der Waals surface area contributed by atoms with E-state index in [9.17, 15) is 5.11 Å². The summed E-state index contributed by atoms with van der Waals surface area (Å²) in [5.41, 5.74) is 2.96. The van der Waals surface area contributed by atoms with Gasteiger partial charge in [0.2, 0.25) is 0 Å². The van der Waals surface area contributed by atoms with Gasteiger partial charge in [0.05, 0.1) is 11.1 Å². The molecular formula is C18H14N4O2. The number of H-pyrrole nitrogens is 1. The van der Waals surface area contributed by atoms with Crippen LogP contribution in [0.1, 0.15) is 5.56 Å². The Labute approximate surface area is 137 Å². The highest BCUT2D eigenvalue weighted by Gasteiger charge is 2.11. The van der Waals surface area contributed by atoms with E-state index in [1.54, 1.807) is 36.8 Å². The molecule has 3 heterocycles. The lowest BCUT2D eigenvalue weighted by molar-refractivity contribution is 0.305. The molecule has 24 heavy (non-hydrogen) atoms. The molecule has 0 saturated carbocycles. The number of nitrogens with zero attached hydrogens (tertiary/aromatic N) is 3. The molecule has 0 aliphatic carbocycles. The molecule has 0 aliphatic rings. The molecule has 1 aromatic carbocycles. The fraction of sp³-hybridized carbons (Fsp3) is 0.0556. The van der Waals surface area contributed by atoms with Crippen LogP contribution in [0, 0.1) is 0 Å². The molecule has 4 rings (SSSR count). The molecule has 0 unspecified atom stereocenters. The fourth-order valence-electron chi connectivity index (χ4n) is 2.42. The van der Waals surface area contributed by atoms with E-state index in [-0.39, 0.29) is 5.75 Å². The first-order valence-corrected chi connectivity index (χ1v) is 7.45. The quantitative estimate of drug-likeness (QED) is 0.603. The zero-order valence-electron chi connectivity index (χ0n) is 12.7. The predicted molar refractivity (Wildman–Crippen MR) is 89.6 cm³/mol. The Morgan fingerprint density at radius 1 is 1.08 bits per heavy atom. The first-order chi connectivity index (χ1) is 11.8. The van der Waals surface area contributed by atoms with E-state index < -0.39 is 0 Å². The molecule has 4 aromatic rings. The Balaban J connectivity index is 1.63. The third-order valence-electron chi connectivity index (χ3n) is 3.61. The van der Waals surface area contributed by atoms with Gasteiger partial charge in [-0.3, -0.25) is 4.98 Å². The molecule has 0 aliphatic heterocycles. The van der Waals surface area contributed by atoms with Crippen molar-refractivity contribution in [3.8, 4) is 22.9 Å². The molecule has 0 amide bonds. The zero-order valence-corrected chi connectivity index (χ0v) is 12.7. The smallest absolute Gasteiger partial charge is 0.178 e. The lowest BCUT2D eigenvalue weighted by Gasteiger charge is -2.08. The van der Waals surface area contributed by atoms with Gasteiger partial charge >= 0.3 is 0 Å². The van der Waals surface area contributed by atoms with Crippen molar-refractivity contribution in [2.24, 2.45) is 0 Å². The highest BCUT2D eigenvalue weighted by atomic mass is 16.5. The molecule has 6 nitrogen and oxygen atoms in total. The van der Waals surface area contributed by atoms with Gasteiger partial charge in [0.15, 0.2) is 5.65 Å². The van der Waals surface area contributed by atoms with E-state index in [1.807, 2.05) is 24.3 Å². The van der Waals surface area contributed by atoms with Gasteiger partial charge in [-0.25, -0.2) is 9.97 Å². The van der Waals surface area contributed by atoms with Crippen molar-refractivity contribution in [2.45, 2.75) is 6.61 Å². The maximum absolute atomic E-state index is 10.2. The van der Waals surface area contributed by atoms with E-state index in [0.29, 0.717) is 29.4 Å². The number of nitrogens with one attached hydrogen (secondary N) is 1. The molecular weight excluding hydrogens is 304 g/mol. The standard InChI is InChI=1S/C18H14N4O2/c23-16-6-5-13(24-11-12-3-1-7-19-10-12)9-14(16)17-21-15-4-2-8-20-18(15)22-17/h1-10,23H,11H2,(H,20,21,22). The van der Waals surface area contributed by atoms with Gasteiger partial charge in [-0.05, 0) is 36.4 Å². The van der Waals surface area contributed by atoms with Crippen LogP contribution in [-0.2, 0) is 6.61 Å². The second-order valence-corrected chi connectivity index (χ2v) is 5.29. The first kappa shape index (κ1) is 14.2. The van der Waals surface area contributed by atoms with Gasteiger partial charge in [0.25, 0.3) is 0 Å². The zero-order chi connectivity index (χ0) is 16.4. The number of ether oxygens (including phenoxy) is 1. The van der Waals surface area contributed by atoms with Crippen molar-refractivity contribution in [1.29, 1.82) is 0 Å². The molecule has 0 bridgehead atoms. The van der Waals surface area contributed by atoms with Crippen LogP contribution in [0.15, 0.2) is 61.1 Å². The molecule has 3 aromatic heterocycles. The van der Waals surface area contributed by atoms with E-state index in [4.69, 9.17) is 4.74 Å². The predicted octanol–water partition coefficient (Wildman–Crippen LogP) is 3.30. The minimum Gasteiger partial charge on any atom is -0.507 e. The lowest BCUT2D eigenvalue weighted by Crippen LogP contribution is -1.96. The molecule has 0 spiro atoms. The van der Waals surface area contributed by atoms with E-state index in [0.717, 1.165) is 11.1 Å². The number of phenolic OH excluding ortho intramolecular Hbond substituents is 1. The van der Waals surface area contributed by atoms with E-state index >= 15 is 0 Å². The van der Waals surface area contributed by atoms with Crippen molar-refractivity contribution in [2.75, 3.05) is 0 Å². The number of phenols is 1. The SMILES string of the molecule is Oc1ccc(OCc2cccnc2)cc1-c1nc2ncccc2[nH]1.